The van der Waals surface area contributed by atoms with Gasteiger partial charge in [-0.3, -0.25) is 14.5 Å². The lowest BCUT2D eigenvalue weighted by molar-refractivity contribution is 0.0485. The maximum Gasteiger partial charge on any atom is 0.338 e. The summed E-state index contributed by atoms with van der Waals surface area (Å²) in [5.41, 5.74) is 2.19. The van der Waals surface area contributed by atoms with E-state index in [4.69, 9.17) is 4.74 Å². The van der Waals surface area contributed by atoms with Crippen molar-refractivity contribution in [3.63, 3.8) is 0 Å². The summed E-state index contributed by atoms with van der Waals surface area (Å²) in [4.78, 5) is 50.3. The topological polar surface area (TPSA) is 139 Å². The number of esters is 1. The van der Waals surface area contributed by atoms with Crippen molar-refractivity contribution in [2.75, 3.05) is 18.5 Å². The monoisotopic (exact) mass is 535 g/mol. The van der Waals surface area contributed by atoms with Crippen LogP contribution in [0.25, 0.3) is 0 Å². The number of benzene rings is 3. The van der Waals surface area contributed by atoms with Gasteiger partial charge < -0.3 is 10.1 Å². The minimum Gasteiger partial charge on any atom is -0.462 e. The SMILES string of the molecule is Cc1ccc(S(=O)(=O)NC(=O)Nc2ccc(C(=O)OCCCCN3C(=O)c4ccccc4C3=O)cc2)cc1. The molecule has 0 atom stereocenters. The third-order valence-electron chi connectivity index (χ3n) is 5.82. The summed E-state index contributed by atoms with van der Waals surface area (Å²) in [5.74, 6) is -1.22. The fourth-order valence-corrected chi connectivity index (χ4v) is 4.71. The minimum absolute atomic E-state index is 0.0416. The summed E-state index contributed by atoms with van der Waals surface area (Å²) in [5, 5.41) is 2.40. The Bertz CT molecular complexity index is 1450. The highest BCUT2D eigenvalue weighted by Gasteiger charge is 2.34. The number of rotatable bonds is 9. The number of fused-ring (bicyclic) bond motifs is 1. The number of unbranched alkanes of at least 4 members (excludes halogenated alkanes) is 1. The first kappa shape index (κ1) is 26.6. The van der Waals surface area contributed by atoms with Crippen LogP contribution in [0.4, 0.5) is 10.5 Å². The van der Waals surface area contributed by atoms with Crippen molar-refractivity contribution >= 4 is 39.5 Å². The average molecular weight is 536 g/mol. The maximum absolute atomic E-state index is 12.4. The molecular formula is C27H25N3O7S. The molecule has 1 heterocycles. The number of amides is 4. The number of nitrogens with zero attached hydrogens (tertiary/aromatic N) is 1. The highest BCUT2D eigenvalue weighted by Crippen LogP contribution is 2.22. The predicted octanol–water partition coefficient (Wildman–Crippen LogP) is 3.74. The van der Waals surface area contributed by atoms with Gasteiger partial charge in [0.15, 0.2) is 0 Å². The molecule has 2 N–H and O–H groups in total. The summed E-state index contributed by atoms with van der Waals surface area (Å²) in [6, 6.07) is 17.5. The molecule has 3 aromatic carbocycles. The molecule has 0 saturated heterocycles. The highest BCUT2D eigenvalue weighted by molar-refractivity contribution is 7.90. The van der Waals surface area contributed by atoms with E-state index in [9.17, 15) is 27.6 Å². The van der Waals surface area contributed by atoms with Crippen LogP contribution in [-0.2, 0) is 14.8 Å². The Morgan fingerprint density at radius 2 is 1.45 bits per heavy atom. The summed E-state index contributed by atoms with van der Waals surface area (Å²) in [6.07, 6.45) is 0.927. The van der Waals surface area contributed by atoms with E-state index < -0.39 is 22.0 Å². The quantitative estimate of drug-likeness (QED) is 0.242. The Balaban J connectivity index is 1.20. The van der Waals surface area contributed by atoms with E-state index in [1.807, 2.05) is 11.6 Å². The van der Waals surface area contributed by atoms with Gasteiger partial charge in [-0.2, -0.15) is 0 Å². The molecule has 11 heteroatoms. The van der Waals surface area contributed by atoms with Crippen molar-refractivity contribution in [1.82, 2.24) is 9.62 Å². The molecule has 4 amide bonds. The number of hydrogen-bond donors (Lipinski definition) is 2. The van der Waals surface area contributed by atoms with Crippen molar-refractivity contribution in [1.29, 1.82) is 0 Å². The standard InChI is InChI=1S/C27H25N3O7S/c1-18-8-14-21(15-9-18)38(35,36)29-27(34)28-20-12-10-19(11-13-20)26(33)37-17-5-4-16-30-24(31)22-6-2-3-7-23(22)25(30)32/h2-3,6-15H,4-5,16-17H2,1H3,(H2,28,29,34). The number of sulfonamides is 1. The second-order valence-corrected chi connectivity index (χ2v) is 10.3. The van der Waals surface area contributed by atoms with Gasteiger partial charge in [0.2, 0.25) is 0 Å². The Morgan fingerprint density at radius 1 is 0.842 bits per heavy atom. The van der Waals surface area contributed by atoms with Gasteiger partial charge in [0.05, 0.1) is 28.2 Å². The van der Waals surface area contributed by atoms with Crippen LogP contribution in [0.5, 0.6) is 0 Å². The molecule has 1 aliphatic rings. The van der Waals surface area contributed by atoms with E-state index in [-0.39, 0.29) is 41.1 Å². The van der Waals surface area contributed by atoms with Crippen molar-refractivity contribution in [2.24, 2.45) is 0 Å². The maximum atomic E-state index is 12.4. The number of ether oxygens (including phenoxy) is 1. The summed E-state index contributed by atoms with van der Waals surface area (Å²) in [6.45, 7) is 2.14. The number of nitrogens with one attached hydrogen (secondary N) is 2. The lowest BCUT2D eigenvalue weighted by Crippen LogP contribution is -2.34. The lowest BCUT2D eigenvalue weighted by atomic mass is 10.1. The number of hydrogen-bond acceptors (Lipinski definition) is 7. The number of imide groups is 1. The highest BCUT2D eigenvalue weighted by atomic mass is 32.2. The first-order valence-corrected chi connectivity index (χ1v) is 13.3. The molecule has 1 aliphatic heterocycles. The first-order valence-electron chi connectivity index (χ1n) is 11.8. The number of anilines is 1. The fourth-order valence-electron chi connectivity index (χ4n) is 3.81. The molecule has 0 bridgehead atoms. The molecule has 196 valence electrons. The van der Waals surface area contributed by atoms with Crippen molar-refractivity contribution < 1.29 is 32.3 Å². The molecule has 0 spiro atoms. The van der Waals surface area contributed by atoms with E-state index >= 15 is 0 Å². The third-order valence-corrected chi connectivity index (χ3v) is 7.17. The van der Waals surface area contributed by atoms with Crippen LogP contribution in [0.3, 0.4) is 0 Å². The second kappa shape index (κ2) is 11.3. The molecule has 10 nitrogen and oxygen atoms in total. The van der Waals surface area contributed by atoms with Crippen LogP contribution < -0.4 is 10.0 Å². The van der Waals surface area contributed by atoms with E-state index in [0.29, 0.717) is 24.0 Å². The molecule has 4 rings (SSSR count). The number of urea groups is 1. The van der Waals surface area contributed by atoms with Crippen molar-refractivity contribution in [2.45, 2.75) is 24.7 Å². The van der Waals surface area contributed by atoms with Crippen molar-refractivity contribution in [3.8, 4) is 0 Å². The summed E-state index contributed by atoms with van der Waals surface area (Å²) >= 11 is 0. The van der Waals surface area contributed by atoms with Crippen LogP contribution in [0.15, 0.2) is 77.7 Å². The Kier molecular flexibility index (Phi) is 7.87. The van der Waals surface area contributed by atoms with E-state index in [1.54, 1.807) is 36.4 Å². The van der Waals surface area contributed by atoms with Gasteiger partial charge in [-0.25, -0.2) is 22.7 Å². The second-order valence-electron chi connectivity index (χ2n) is 8.60. The molecule has 0 aromatic heterocycles. The molecule has 0 radical (unpaired) electrons. The zero-order valence-corrected chi connectivity index (χ0v) is 21.3. The van der Waals surface area contributed by atoms with Crippen molar-refractivity contribution in [3.05, 3.63) is 95.1 Å². The van der Waals surface area contributed by atoms with Crippen LogP contribution in [0, 0.1) is 6.92 Å². The van der Waals surface area contributed by atoms with Crippen LogP contribution in [0.1, 0.15) is 49.5 Å². The van der Waals surface area contributed by atoms with Crippen LogP contribution in [0.2, 0.25) is 0 Å². The van der Waals surface area contributed by atoms with Crippen LogP contribution >= 0.6 is 0 Å². The van der Waals surface area contributed by atoms with Gasteiger partial charge in [0, 0.05) is 12.2 Å². The molecule has 0 saturated carbocycles. The number of carbonyl (C=O) groups is 4. The fraction of sp³-hybridized carbons (Fsp3) is 0.185. The van der Waals surface area contributed by atoms with E-state index in [0.717, 1.165) is 5.56 Å². The predicted molar refractivity (Wildman–Crippen MR) is 138 cm³/mol. The first-order chi connectivity index (χ1) is 18.2. The van der Waals surface area contributed by atoms with Gasteiger partial charge in [-0.15, -0.1) is 0 Å². The third kappa shape index (κ3) is 6.06. The number of carbonyl (C=O) groups excluding carboxylic acids is 4. The largest absolute Gasteiger partial charge is 0.462 e. The summed E-state index contributed by atoms with van der Waals surface area (Å²) < 4.78 is 31.8. The molecule has 0 aliphatic carbocycles. The molecule has 0 fully saturated rings. The van der Waals surface area contributed by atoms with Gasteiger partial charge in [-0.1, -0.05) is 29.8 Å². The normalized spacial score (nSPS) is 12.7. The van der Waals surface area contributed by atoms with E-state index in [1.165, 1.54) is 41.3 Å². The number of aryl methyl sites for hydroxylation is 1. The molecule has 38 heavy (non-hydrogen) atoms. The Labute approximate surface area is 219 Å². The molecule has 3 aromatic rings. The van der Waals surface area contributed by atoms with Gasteiger partial charge in [-0.05, 0) is 68.3 Å². The minimum atomic E-state index is -4.04. The Morgan fingerprint density at radius 3 is 2.05 bits per heavy atom. The average Bonchev–Trinajstić information content (AvgIpc) is 3.13. The zero-order valence-electron chi connectivity index (χ0n) is 20.5. The van der Waals surface area contributed by atoms with Gasteiger partial charge in [0.1, 0.15) is 0 Å². The van der Waals surface area contributed by atoms with Gasteiger partial charge in [0.25, 0.3) is 21.8 Å². The van der Waals surface area contributed by atoms with Gasteiger partial charge >= 0.3 is 12.0 Å². The smallest absolute Gasteiger partial charge is 0.338 e. The molecule has 0 unspecified atom stereocenters. The van der Waals surface area contributed by atoms with Crippen LogP contribution in [-0.4, -0.2) is 50.3 Å². The van der Waals surface area contributed by atoms with E-state index in [2.05, 4.69) is 5.32 Å². The zero-order chi connectivity index (χ0) is 27.3. The summed E-state index contributed by atoms with van der Waals surface area (Å²) in [7, 11) is -4.04. The Hall–Kier alpha value is -4.51. The lowest BCUT2D eigenvalue weighted by Gasteiger charge is -2.13. The molecular weight excluding hydrogens is 510 g/mol.